The first-order chi connectivity index (χ1) is 12.6. The Labute approximate surface area is 155 Å². The number of para-hydroxylation sites is 1. The number of alkyl halides is 6. The molecule has 1 saturated heterocycles. The maximum Gasteiger partial charge on any atom is 0.485 e. The van der Waals surface area contributed by atoms with Crippen LogP contribution in [0.1, 0.15) is 18.4 Å². The quantitative estimate of drug-likeness (QED) is 0.257. The molecule has 0 atom stereocenters. The lowest BCUT2D eigenvalue weighted by Gasteiger charge is -2.17. The molecule has 1 aromatic carbocycles. The number of likely N-dealkylation sites (tertiary alicyclic amines) is 1. The normalized spacial score (nSPS) is 16.5. The lowest BCUT2D eigenvalue weighted by atomic mass is 10.1. The van der Waals surface area contributed by atoms with Crippen molar-refractivity contribution in [1.29, 1.82) is 0 Å². The van der Waals surface area contributed by atoms with Crippen LogP contribution in [0.5, 0.6) is 0 Å². The van der Waals surface area contributed by atoms with E-state index in [9.17, 15) is 36.5 Å². The maximum absolute atomic E-state index is 13.1. The predicted octanol–water partition coefficient (Wildman–Crippen LogP) is 2.23. The van der Waals surface area contributed by atoms with Crippen molar-refractivity contribution in [1.82, 2.24) is 0 Å². The van der Waals surface area contributed by atoms with Gasteiger partial charge in [-0.2, -0.15) is 26.3 Å². The van der Waals surface area contributed by atoms with Gasteiger partial charge in [-0.3, -0.25) is 15.0 Å². The van der Waals surface area contributed by atoms with Gasteiger partial charge in [-0.25, -0.2) is 8.42 Å². The second kappa shape index (κ2) is 8.87. The smallest absolute Gasteiger partial charge is 0.485 e. The van der Waals surface area contributed by atoms with E-state index >= 15 is 0 Å². The highest BCUT2D eigenvalue weighted by Gasteiger charge is 2.43. The molecule has 1 N–H and O–H groups in total. The lowest BCUT2D eigenvalue weighted by molar-refractivity contribution is -0.856. The summed E-state index contributed by atoms with van der Waals surface area (Å²) in [5.41, 5.74) is -6.70. The van der Waals surface area contributed by atoms with Crippen LogP contribution in [0.25, 0.3) is 6.08 Å². The second-order valence-electron chi connectivity index (χ2n) is 5.58. The molecule has 158 valence electrons. The fourth-order valence-electron chi connectivity index (χ4n) is 2.39. The van der Waals surface area contributed by atoms with Crippen molar-refractivity contribution in [2.24, 2.45) is 0 Å². The van der Waals surface area contributed by atoms with Crippen LogP contribution in [0.3, 0.4) is 0 Å². The number of allylic oxidation sites excluding steroid dienone is 1. The van der Waals surface area contributed by atoms with Gasteiger partial charge >= 0.3 is 11.7 Å². The van der Waals surface area contributed by atoms with E-state index < -0.39 is 32.4 Å². The minimum atomic E-state index is -6.09. The molecule has 1 aliphatic rings. The molecule has 0 saturated carbocycles. The molecule has 0 amide bonds. The molecule has 2 rings (SSSR count). The molecule has 1 aromatic rings. The molecule has 28 heavy (non-hydrogen) atoms. The third-order valence-electron chi connectivity index (χ3n) is 3.61. The Morgan fingerprint density at radius 1 is 1.07 bits per heavy atom. The Kier molecular flexibility index (Phi) is 7.56. The lowest BCUT2D eigenvalue weighted by Crippen LogP contribution is -3.09. The third kappa shape index (κ3) is 6.76. The molecular weight excluding hydrogens is 422 g/mol. The Morgan fingerprint density at radius 2 is 1.54 bits per heavy atom. The summed E-state index contributed by atoms with van der Waals surface area (Å²) in [5, 5.41) is 10.9. The van der Waals surface area contributed by atoms with Crippen LogP contribution >= 0.6 is 0 Å². The van der Waals surface area contributed by atoms with Gasteiger partial charge in [0, 0.05) is 25.0 Å². The zero-order chi connectivity index (χ0) is 21.8. The predicted molar refractivity (Wildman–Crippen MR) is 82.8 cm³/mol. The van der Waals surface area contributed by atoms with E-state index in [1.165, 1.54) is 24.3 Å². The number of hydrogen-bond donors (Lipinski definition) is 1. The van der Waals surface area contributed by atoms with E-state index in [1.807, 2.05) is 0 Å². The molecule has 14 heteroatoms. The zero-order valence-electron chi connectivity index (χ0n) is 13.9. The average molecular weight is 436 g/mol. The Balaban J connectivity index is 0.000000416. The number of nitrogens with one attached hydrogen (secondary N) is 1. The Hall–Kier alpha value is -2.19. The van der Waals surface area contributed by atoms with Crippen molar-refractivity contribution < 1.29 is 49.1 Å². The number of nitro benzene ring substituents is 1. The van der Waals surface area contributed by atoms with Gasteiger partial charge in [0.05, 0.1) is 23.6 Å². The Morgan fingerprint density at radius 3 is 1.93 bits per heavy atom. The molecule has 0 bridgehead atoms. The zero-order valence-corrected chi connectivity index (χ0v) is 14.7. The highest BCUT2D eigenvalue weighted by molar-refractivity contribution is 7.86. The number of nitro groups is 1. The summed E-state index contributed by atoms with van der Waals surface area (Å²) in [4.78, 5) is 10.5. The Bertz CT molecular complexity index is 829. The van der Waals surface area contributed by atoms with Crippen LogP contribution in [-0.4, -0.2) is 42.7 Å². The molecule has 1 heterocycles. The summed E-state index contributed by atoms with van der Waals surface area (Å²) < 4.78 is 98.3. The van der Waals surface area contributed by atoms with Gasteiger partial charge in [0.2, 0.25) is 5.70 Å². The molecule has 0 spiro atoms. The van der Waals surface area contributed by atoms with Gasteiger partial charge in [0.25, 0.3) is 5.69 Å². The first-order valence-corrected chi connectivity index (χ1v) is 8.95. The molecule has 0 radical (unpaired) electrons. The van der Waals surface area contributed by atoms with E-state index in [0.29, 0.717) is 18.0 Å². The van der Waals surface area contributed by atoms with Crippen molar-refractivity contribution >= 4 is 21.9 Å². The van der Waals surface area contributed by atoms with Crippen molar-refractivity contribution in [3.8, 4) is 0 Å². The van der Waals surface area contributed by atoms with E-state index in [1.54, 1.807) is 0 Å². The topological polar surface area (TPSA) is 105 Å². The monoisotopic (exact) mass is 436 g/mol. The number of quaternary nitrogens is 1. The van der Waals surface area contributed by atoms with Gasteiger partial charge in [-0.1, -0.05) is 12.1 Å². The van der Waals surface area contributed by atoms with Crippen molar-refractivity contribution in [2.75, 3.05) is 13.1 Å². The third-order valence-corrected chi connectivity index (χ3v) is 4.18. The van der Waals surface area contributed by atoms with Crippen molar-refractivity contribution in [3.63, 3.8) is 0 Å². The summed E-state index contributed by atoms with van der Waals surface area (Å²) >= 11 is 0. The number of nitrogens with zero attached hydrogens (tertiary/aromatic N) is 1. The minimum absolute atomic E-state index is 0.00998. The highest BCUT2D eigenvalue weighted by atomic mass is 32.2. The van der Waals surface area contributed by atoms with Crippen LogP contribution < -0.4 is 4.90 Å². The number of benzene rings is 1. The van der Waals surface area contributed by atoms with Crippen molar-refractivity contribution in [2.45, 2.75) is 24.5 Å². The van der Waals surface area contributed by atoms with Gasteiger partial charge in [0.15, 0.2) is 10.1 Å². The summed E-state index contributed by atoms with van der Waals surface area (Å²) in [7, 11) is -6.09. The fourth-order valence-corrected chi connectivity index (χ4v) is 2.39. The van der Waals surface area contributed by atoms with E-state index in [0.717, 1.165) is 18.9 Å². The van der Waals surface area contributed by atoms with Gasteiger partial charge in [-0.15, -0.1) is 0 Å². The van der Waals surface area contributed by atoms with E-state index in [-0.39, 0.29) is 11.3 Å². The molecule has 1 fully saturated rings. The molecule has 1 aliphatic heterocycles. The molecule has 7 nitrogen and oxygen atoms in total. The van der Waals surface area contributed by atoms with Crippen molar-refractivity contribution in [3.05, 3.63) is 45.6 Å². The SMILES string of the molecule is O=S(=O)([O-])C(F)(F)F.O=[N+]([O-])c1ccccc1/C=C(/[NH+]1CCCC1)C(F)(F)F. The van der Waals surface area contributed by atoms with Gasteiger partial charge in [0.1, 0.15) is 0 Å². The van der Waals surface area contributed by atoms with Crippen LogP contribution in [0.4, 0.5) is 32.0 Å². The number of hydrogen-bond acceptors (Lipinski definition) is 5. The summed E-state index contributed by atoms with van der Waals surface area (Å²) in [6, 6.07) is 5.47. The van der Waals surface area contributed by atoms with Crippen LogP contribution in [0, 0.1) is 10.1 Å². The molecule has 0 aliphatic carbocycles. The maximum atomic E-state index is 13.1. The number of rotatable bonds is 3. The highest BCUT2D eigenvalue weighted by Crippen LogP contribution is 2.27. The molecule has 0 aromatic heterocycles. The first kappa shape index (κ1) is 23.8. The fraction of sp³-hybridized carbons (Fsp3) is 0.429. The van der Waals surface area contributed by atoms with Gasteiger partial charge in [-0.05, 0) is 6.07 Å². The largest absolute Gasteiger partial charge is 0.741 e. The molecule has 0 unspecified atom stereocenters. The first-order valence-electron chi connectivity index (χ1n) is 7.54. The average Bonchev–Trinajstić information content (AvgIpc) is 3.04. The van der Waals surface area contributed by atoms with Crippen LogP contribution in [0.15, 0.2) is 30.0 Å². The summed E-state index contributed by atoms with van der Waals surface area (Å²) in [6.45, 7) is 0.817. The van der Waals surface area contributed by atoms with Gasteiger partial charge < -0.3 is 4.55 Å². The summed E-state index contributed by atoms with van der Waals surface area (Å²) in [6.07, 6.45) is -2.11. The standard InChI is InChI=1S/C13H13F3N2O2.CHF3O3S/c14-13(15,16)12(17-7-3-4-8-17)9-10-5-1-2-6-11(10)18(19)20;2-1(3,4)8(5,6)7/h1-2,5-6,9H,3-4,7-8H2;(H,5,6,7)/b12-9+;. The van der Waals surface area contributed by atoms with Crippen LogP contribution in [0.2, 0.25) is 0 Å². The summed E-state index contributed by atoms with van der Waals surface area (Å²) in [5.74, 6) is 0. The number of halogens is 6. The molecular formula is C14H14F6N2O5S. The minimum Gasteiger partial charge on any atom is -0.741 e. The second-order valence-corrected chi connectivity index (χ2v) is 6.95. The van der Waals surface area contributed by atoms with Crippen LogP contribution in [-0.2, 0) is 10.1 Å². The van der Waals surface area contributed by atoms with E-state index in [2.05, 4.69) is 0 Å². The van der Waals surface area contributed by atoms with E-state index in [4.69, 9.17) is 13.0 Å².